The second-order valence-corrected chi connectivity index (χ2v) is 5.10. The number of imidazole rings is 1. The predicted octanol–water partition coefficient (Wildman–Crippen LogP) is 1.76. The van der Waals surface area contributed by atoms with Crippen LogP contribution in [0.5, 0.6) is 0 Å². The number of nitrogen functional groups attached to an aromatic ring is 1. The van der Waals surface area contributed by atoms with Gasteiger partial charge >= 0.3 is 0 Å². The van der Waals surface area contributed by atoms with Crippen molar-refractivity contribution in [2.75, 3.05) is 25.4 Å². The molecule has 1 aliphatic heterocycles. The first-order chi connectivity index (χ1) is 8.74. The lowest BCUT2D eigenvalue weighted by Crippen LogP contribution is -2.24. The molecule has 1 aliphatic rings. The molecule has 96 valence electrons. The molecular weight excluding hydrogens is 250 g/mol. The van der Waals surface area contributed by atoms with Crippen molar-refractivity contribution in [1.29, 1.82) is 0 Å². The lowest BCUT2D eigenvalue weighted by Gasteiger charge is -2.15. The van der Waals surface area contributed by atoms with Crippen molar-refractivity contribution in [3.8, 4) is 0 Å². The summed E-state index contributed by atoms with van der Waals surface area (Å²) < 4.78 is 1.96. The molecule has 1 fully saturated rings. The highest BCUT2D eigenvalue weighted by atomic mass is 35.5. The summed E-state index contributed by atoms with van der Waals surface area (Å²) in [5.41, 5.74) is 7.52. The molecule has 0 bridgehead atoms. The largest absolute Gasteiger partial charge is 0.369 e. The molecule has 0 aliphatic carbocycles. The molecule has 2 aromatic rings. The number of rotatable bonds is 3. The van der Waals surface area contributed by atoms with Gasteiger partial charge in [-0.15, -0.1) is 0 Å². The van der Waals surface area contributed by atoms with E-state index in [4.69, 9.17) is 17.3 Å². The second-order valence-electron chi connectivity index (χ2n) is 4.67. The highest BCUT2D eigenvalue weighted by Gasteiger charge is 2.14. The molecule has 0 unspecified atom stereocenters. The molecule has 0 amide bonds. The number of likely N-dealkylation sites (tertiary alicyclic amines) is 1. The summed E-state index contributed by atoms with van der Waals surface area (Å²) in [6, 6.07) is 1.80. The molecule has 1 saturated heterocycles. The van der Waals surface area contributed by atoms with Crippen molar-refractivity contribution in [2.45, 2.75) is 19.4 Å². The van der Waals surface area contributed by atoms with E-state index in [1.807, 2.05) is 4.57 Å². The molecule has 2 N–H and O–H groups in total. The monoisotopic (exact) mass is 265 g/mol. The molecule has 18 heavy (non-hydrogen) atoms. The maximum atomic E-state index is 5.94. The summed E-state index contributed by atoms with van der Waals surface area (Å²) in [6.45, 7) is 4.20. The molecule has 0 spiro atoms. The Hall–Kier alpha value is -1.33. The Labute approximate surface area is 111 Å². The van der Waals surface area contributed by atoms with Gasteiger partial charge in [0.1, 0.15) is 5.52 Å². The smallest absolute Gasteiger partial charge is 0.202 e. The first-order valence-corrected chi connectivity index (χ1v) is 6.61. The average Bonchev–Trinajstić information content (AvgIpc) is 2.93. The fourth-order valence-electron chi connectivity index (χ4n) is 2.47. The van der Waals surface area contributed by atoms with Gasteiger partial charge in [0.05, 0.1) is 5.02 Å². The SMILES string of the molecule is Nc1nc2cc(Cl)cnc2n1CCN1CCCC1. The minimum atomic E-state index is 0.513. The van der Waals surface area contributed by atoms with Gasteiger partial charge in [-0.3, -0.25) is 4.57 Å². The standard InChI is InChI=1S/C12H16ClN5/c13-9-7-10-11(15-8-9)18(12(14)16-10)6-5-17-3-1-2-4-17/h7-8H,1-6H2,(H2,14,16). The fraction of sp³-hybridized carbons (Fsp3) is 0.500. The van der Waals surface area contributed by atoms with E-state index in [1.54, 1.807) is 12.3 Å². The van der Waals surface area contributed by atoms with E-state index in [1.165, 1.54) is 25.9 Å². The van der Waals surface area contributed by atoms with E-state index in [9.17, 15) is 0 Å². The van der Waals surface area contributed by atoms with Gasteiger partial charge in [-0.25, -0.2) is 9.97 Å². The first-order valence-electron chi connectivity index (χ1n) is 6.23. The molecule has 0 aromatic carbocycles. The Morgan fingerprint density at radius 2 is 2.06 bits per heavy atom. The van der Waals surface area contributed by atoms with Crippen molar-refractivity contribution in [1.82, 2.24) is 19.4 Å². The maximum Gasteiger partial charge on any atom is 0.202 e. The van der Waals surface area contributed by atoms with Gasteiger partial charge in [0.15, 0.2) is 5.65 Å². The summed E-state index contributed by atoms with van der Waals surface area (Å²) in [7, 11) is 0. The van der Waals surface area contributed by atoms with Crippen LogP contribution in [0.4, 0.5) is 5.95 Å². The van der Waals surface area contributed by atoms with Gasteiger partial charge in [0, 0.05) is 19.3 Å². The second kappa shape index (κ2) is 4.74. The number of hydrogen-bond donors (Lipinski definition) is 1. The van der Waals surface area contributed by atoms with E-state index in [-0.39, 0.29) is 0 Å². The zero-order valence-corrected chi connectivity index (χ0v) is 10.9. The van der Waals surface area contributed by atoms with Crippen LogP contribution in [0, 0.1) is 0 Å². The van der Waals surface area contributed by atoms with Gasteiger partial charge in [-0.1, -0.05) is 11.6 Å². The molecule has 2 aromatic heterocycles. The minimum absolute atomic E-state index is 0.513. The summed E-state index contributed by atoms with van der Waals surface area (Å²) >= 11 is 5.90. The van der Waals surface area contributed by atoms with Crippen LogP contribution in [0.25, 0.3) is 11.2 Å². The molecule has 0 saturated carbocycles. The van der Waals surface area contributed by atoms with Crippen LogP contribution >= 0.6 is 11.6 Å². The van der Waals surface area contributed by atoms with Gasteiger partial charge in [-0.05, 0) is 32.0 Å². The van der Waals surface area contributed by atoms with Crippen LogP contribution in [-0.2, 0) is 6.54 Å². The van der Waals surface area contributed by atoms with E-state index in [2.05, 4.69) is 14.9 Å². The summed E-state index contributed by atoms with van der Waals surface area (Å²) in [4.78, 5) is 11.1. The van der Waals surface area contributed by atoms with Crippen LogP contribution in [-0.4, -0.2) is 39.1 Å². The number of fused-ring (bicyclic) bond motifs is 1. The zero-order valence-electron chi connectivity index (χ0n) is 10.1. The summed E-state index contributed by atoms with van der Waals surface area (Å²) in [5.74, 6) is 0.513. The topological polar surface area (TPSA) is 60.0 Å². The van der Waals surface area contributed by atoms with Crippen molar-refractivity contribution in [3.05, 3.63) is 17.3 Å². The van der Waals surface area contributed by atoms with E-state index < -0.39 is 0 Å². The first kappa shape index (κ1) is 11.7. The molecule has 3 rings (SSSR count). The normalized spacial score (nSPS) is 16.7. The number of pyridine rings is 1. The third-order valence-corrected chi connectivity index (χ3v) is 3.63. The van der Waals surface area contributed by atoms with Crippen LogP contribution in [0.1, 0.15) is 12.8 Å². The molecule has 5 nitrogen and oxygen atoms in total. The highest BCUT2D eigenvalue weighted by Crippen LogP contribution is 2.19. The Balaban J connectivity index is 1.84. The number of nitrogens with two attached hydrogens (primary N) is 1. The van der Waals surface area contributed by atoms with Crippen LogP contribution in [0.2, 0.25) is 5.02 Å². The van der Waals surface area contributed by atoms with Crippen molar-refractivity contribution < 1.29 is 0 Å². The van der Waals surface area contributed by atoms with Gasteiger partial charge in [0.2, 0.25) is 5.95 Å². The third-order valence-electron chi connectivity index (χ3n) is 3.42. The van der Waals surface area contributed by atoms with E-state index >= 15 is 0 Å². The number of hydrogen-bond acceptors (Lipinski definition) is 4. The number of anilines is 1. The Bertz CT molecular complexity index is 559. The van der Waals surface area contributed by atoms with E-state index in [0.717, 1.165) is 24.3 Å². The minimum Gasteiger partial charge on any atom is -0.369 e. The molecule has 0 atom stereocenters. The summed E-state index contributed by atoms with van der Waals surface area (Å²) in [5, 5.41) is 0.590. The zero-order chi connectivity index (χ0) is 12.5. The van der Waals surface area contributed by atoms with Crippen molar-refractivity contribution in [3.63, 3.8) is 0 Å². The number of aromatic nitrogens is 3. The Morgan fingerprint density at radius 1 is 1.28 bits per heavy atom. The van der Waals surface area contributed by atoms with Crippen molar-refractivity contribution >= 4 is 28.7 Å². The highest BCUT2D eigenvalue weighted by molar-refractivity contribution is 6.31. The molecule has 3 heterocycles. The average molecular weight is 266 g/mol. The Kier molecular flexibility index (Phi) is 3.09. The van der Waals surface area contributed by atoms with Crippen LogP contribution in [0.3, 0.4) is 0 Å². The van der Waals surface area contributed by atoms with Gasteiger partial charge in [-0.2, -0.15) is 0 Å². The fourth-order valence-corrected chi connectivity index (χ4v) is 2.62. The van der Waals surface area contributed by atoms with E-state index in [0.29, 0.717) is 11.0 Å². The molecule has 0 radical (unpaired) electrons. The third kappa shape index (κ3) is 2.15. The molecular formula is C12H16ClN5. The molecule has 6 heteroatoms. The Morgan fingerprint density at radius 3 is 2.83 bits per heavy atom. The lowest BCUT2D eigenvalue weighted by atomic mass is 10.4. The number of nitrogens with zero attached hydrogens (tertiary/aromatic N) is 4. The van der Waals surface area contributed by atoms with Crippen LogP contribution in [0.15, 0.2) is 12.3 Å². The van der Waals surface area contributed by atoms with Gasteiger partial charge < -0.3 is 10.6 Å². The maximum absolute atomic E-state index is 5.94. The van der Waals surface area contributed by atoms with Crippen molar-refractivity contribution in [2.24, 2.45) is 0 Å². The van der Waals surface area contributed by atoms with Crippen LogP contribution < -0.4 is 5.73 Å². The predicted molar refractivity (Wildman–Crippen MR) is 72.6 cm³/mol. The summed E-state index contributed by atoms with van der Waals surface area (Å²) in [6.07, 6.45) is 4.24. The number of halogens is 1. The van der Waals surface area contributed by atoms with Gasteiger partial charge in [0.25, 0.3) is 0 Å². The lowest BCUT2D eigenvalue weighted by molar-refractivity contribution is 0.325. The quantitative estimate of drug-likeness (QED) is 0.919.